The minimum absolute atomic E-state index is 0. The van der Waals surface area contributed by atoms with E-state index in [9.17, 15) is 0 Å². The maximum absolute atomic E-state index is 8.94. The second kappa shape index (κ2) is 11.8. The van der Waals surface area contributed by atoms with Crippen LogP contribution in [0.15, 0.2) is 23.2 Å². The number of nitrogens with one attached hydrogen (secondary N) is 1. The summed E-state index contributed by atoms with van der Waals surface area (Å²) in [5.74, 6) is 2.34. The Morgan fingerprint density at radius 3 is 2.69 bits per heavy atom. The molecule has 1 aromatic carbocycles. The molecule has 1 aliphatic carbocycles. The van der Waals surface area contributed by atoms with Crippen LogP contribution in [0.2, 0.25) is 0 Å². The van der Waals surface area contributed by atoms with Crippen molar-refractivity contribution in [3.8, 4) is 11.5 Å². The Hall–Kier alpha value is -1.22. The Morgan fingerprint density at radius 2 is 2.00 bits per heavy atom. The van der Waals surface area contributed by atoms with Gasteiger partial charge in [0.15, 0.2) is 17.5 Å². The first-order valence-electron chi connectivity index (χ1n) is 10.6. The molecular formula is C22H36IN3O3. The molecule has 1 heterocycles. The molecule has 3 rings (SSSR count). The quantitative estimate of drug-likeness (QED) is 0.327. The number of guanidine groups is 1. The molecule has 6 nitrogen and oxygen atoms in total. The minimum atomic E-state index is -0.0153. The number of methoxy groups -OCH3 is 1. The van der Waals surface area contributed by atoms with Crippen molar-refractivity contribution >= 4 is 29.9 Å². The lowest BCUT2D eigenvalue weighted by molar-refractivity contribution is 0.196. The van der Waals surface area contributed by atoms with Crippen molar-refractivity contribution in [3.63, 3.8) is 0 Å². The molecule has 0 radical (unpaired) electrons. The minimum Gasteiger partial charge on any atom is -0.493 e. The van der Waals surface area contributed by atoms with Gasteiger partial charge in [-0.1, -0.05) is 25.3 Å². The smallest absolute Gasteiger partial charge is 0.194 e. The molecule has 2 aliphatic rings. The van der Waals surface area contributed by atoms with E-state index < -0.39 is 0 Å². The van der Waals surface area contributed by atoms with Gasteiger partial charge in [0.2, 0.25) is 0 Å². The van der Waals surface area contributed by atoms with E-state index in [0.717, 1.165) is 31.2 Å². The third-order valence-corrected chi connectivity index (χ3v) is 5.98. The first kappa shape index (κ1) is 24.1. The van der Waals surface area contributed by atoms with E-state index in [2.05, 4.69) is 17.1 Å². The third-order valence-electron chi connectivity index (χ3n) is 5.98. The van der Waals surface area contributed by atoms with Crippen LogP contribution in [-0.4, -0.2) is 55.9 Å². The predicted octanol–water partition coefficient (Wildman–Crippen LogP) is 3.81. The number of nitrogens with zero attached hydrogens (tertiary/aromatic N) is 2. The number of hydrogen-bond acceptors (Lipinski definition) is 4. The van der Waals surface area contributed by atoms with E-state index in [4.69, 9.17) is 19.6 Å². The van der Waals surface area contributed by atoms with Crippen LogP contribution < -0.4 is 14.8 Å². The number of likely N-dealkylation sites (tertiary alicyclic amines) is 1. The first-order chi connectivity index (χ1) is 13.7. The van der Waals surface area contributed by atoms with Gasteiger partial charge in [-0.25, -0.2) is 4.99 Å². The zero-order valence-corrected chi connectivity index (χ0v) is 20.1. The Bertz CT molecular complexity index is 663. The van der Waals surface area contributed by atoms with Crippen molar-refractivity contribution in [1.29, 1.82) is 0 Å². The molecule has 2 N–H and O–H groups in total. The zero-order chi connectivity index (χ0) is 19.8. The summed E-state index contributed by atoms with van der Waals surface area (Å²) >= 11 is 0. The summed E-state index contributed by atoms with van der Waals surface area (Å²) in [7, 11) is 1.63. The Labute approximate surface area is 192 Å². The number of rotatable bonds is 7. The molecule has 0 amide bonds. The Balaban J connectivity index is 0.00000300. The lowest BCUT2D eigenvalue weighted by atomic mass is 9.73. The Kier molecular flexibility index (Phi) is 9.82. The van der Waals surface area contributed by atoms with Gasteiger partial charge in [-0.3, -0.25) is 0 Å². The van der Waals surface area contributed by atoms with Crippen molar-refractivity contribution in [2.45, 2.75) is 52.0 Å². The van der Waals surface area contributed by atoms with Crippen molar-refractivity contribution in [1.82, 2.24) is 10.2 Å². The second-order valence-electron chi connectivity index (χ2n) is 7.96. The highest BCUT2D eigenvalue weighted by molar-refractivity contribution is 14.0. The van der Waals surface area contributed by atoms with Crippen LogP contribution in [-0.2, 0) is 6.54 Å². The maximum Gasteiger partial charge on any atom is 0.194 e. The summed E-state index contributed by atoms with van der Waals surface area (Å²) in [6, 6.07) is 5.86. The number of halogens is 1. The fourth-order valence-corrected chi connectivity index (χ4v) is 4.50. The fourth-order valence-electron chi connectivity index (χ4n) is 4.50. The van der Waals surface area contributed by atoms with Crippen molar-refractivity contribution in [2.24, 2.45) is 10.4 Å². The van der Waals surface area contributed by atoms with Crippen molar-refractivity contribution in [2.75, 3.05) is 40.0 Å². The largest absolute Gasteiger partial charge is 0.493 e. The molecule has 0 aromatic heterocycles. The monoisotopic (exact) mass is 517 g/mol. The molecule has 1 saturated heterocycles. The van der Waals surface area contributed by atoms with Gasteiger partial charge in [-0.2, -0.15) is 0 Å². The summed E-state index contributed by atoms with van der Waals surface area (Å²) in [6.45, 7) is 6.08. The molecule has 0 bridgehead atoms. The number of benzene rings is 1. The number of aliphatic hydroxyl groups excluding tert-OH is 1. The lowest BCUT2D eigenvalue weighted by Crippen LogP contribution is -2.41. The van der Waals surface area contributed by atoms with E-state index in [1.165, 1.54) is 38.5 Å². The Morgan fingerprint density at radius 1 is 1.21 bits per heavy atom. The summed E-state index contributed by atoms with van der Waals surface area (Å²) in [5.41, 5.74) is 1.60. The van der Waals surface area contributed by atoms with E-state index >= 15 is 0 Å². The van der Waals surface area contributed by atoms with Gasteiger partial charge >= 0.3 is 0 Å². The zero-order valence-electron chi connectivity index (χ0n) is 17.8. The van der Waals surface area contributed by atoms with Crippen molar-refractivity contribution in [3.05, 3.63) is 23.8 Å². The molecule has 1 aromatic rings. The van der Waals surface area contributed by atoms with Crippen molar-refractivity contribution < 1.29 is 14.6 Å². The number of ether oxygens (including phenoxy) is 2. The molecule has 7 heteroatoms. The van der Waals surface area contributed by atoms with Crippen LogP contribution in [0.5, 0.6) is 11.5 Å². The van der Waals surface area contributed by atoms with Gasteiger partial charge in [0.25, 0.3) is 0 Å². The first-order valence-corrected chi connectivity index (χ1v) is 10.6. The molecule has 1 saturated carbocycles. The van der Waals surface area contributed by atoms with Gasteiger partial charge in [0, 0.05) is 19.6 Å². The molecule has 29 heavy (non-hydrogen) atoms. The molecular weight excluding hydrogens is 481 g/mol. The predicted molar refractivity (Wildman–Crippen MR) is 128 cm³/mol. The highest BCUT2D eigenvalue weighted by Gasteiger charge is 2.39. The van der Waals surface area contributed by atoms with Crippen LogP contribution in [0.3, 0.4) is 0 Å². The summed E-state index contributed by atoms with van der Waals surface area (Å²) in [4.78, 5) is 7.36. The van der Waals surface area contributed by atoms with Crippen LogP contribution in [0.1, 0.15) is 51.0 Å². The van der Waals surface area contributed by atoms with Gasteiger partial charge < -0.3 is 24.8 Å². The molecule has 0 atom stereocenters. The average molecular weight is 517 g/mol. The van der Waals surface area contributed by atoms with Gasteiger partial charge in [0.05, 0.1) is 20.3 Å². The third kappa shape index (κ3) is 6.38. The normalized spacial score (nSPS) is 18.4. The highest BCUT2D eigenvalue weighted by Crippen LogP contribution is 2.43. The molecule has 0 unspecified atom stereocenters. The molecule has 164 valence electrons. The lowest BCUT2D eigenvalue weighted by Gasteiger charge is -2.33. The maximum atomic E-state index is 8.94. The van der Waals surface area contributed by atoms with E-state index in [1.54, 1.807) is 7.11 Å². The summed E-state index contributed by atoms with van der Waals surface area (Å²) in [6.07, 6.45) is 8.20. The van der Waals surface area contributed by atoms with Crippen LogP contribution in [0.25, 0.3) is 0 Å². The van der Waals surface area contributed by atoms with Crippen LogP contribution in [0.4, 0.5) is 0 Å². The molecule has 1 aliphatic heterocycles. The highest BCUT2D eigenvalue weighted by atomic mass is 127. The van der Waals surface area contributed by atoms with E-state index in [1.807, 2.05) is 18.2 Å². The SMILES string of the molecule is CCNC(=NCc1ccc(OCCO)c(OC)c1)N1CCC2(CCCCC2)C1.I. The average Bonchev–Trinajstić information content (AvgIpc) is 3.13. The van der Waals surface area contributed by atoms with E-state index in [-0.39, 0.29) is 37.2 Å². The van der Waals surface area contributed by atoms with Crippen LogP contribution in [0, 0.1) is 5.41 Å². The standard InChI is InChI=1S/C22H35N3O3.HI/c1-3-23-21(25-12-11-22(17-25)9-5-4-6-10-22)24-16-18-7-8-19(28-14-13-26)20(15-18)27-2;/h7-8,15,26H,3-6,9-14,16-17H2,1-2H3,(H,23,24);1H. The van der Waals surface area contributed by atoms with Gasteiger partial charge in [0.1, 0.15) is 6.61 Å². The fraction of sp³-hybridized carbons (Fsp3) is 0.682. The summed E-state index contributed by atoms with van der Waals surface area (Å²) in [5, 5.41) is 12.4. The number of aliphatic hydroxyl groups is 1. The van der Waals surface area contributed by atoms with E-state index in [0.29, 0.717) is 23.5 Å². The number of aliphatic imine (C=N–C) groups is 1. The van der Waals surface area contributed by atoms with Gasteiger partial charge in [-0.15, -0.1) is 24.0 Å². The molecule has 1 spiro atoms. The summed E-state index contributed by atoms with van der Waals surface area (Å²) < 4.78 is 10.9. The molecule has 2 fully saturated rings. The van der Waals surface area contributed by atoms with Gasteiger partial charge in [-0.05, 0) is 49.3 Å². The number of hydrogen-bond donors (Lipinski definition) is 2. The topological polar surface area (TPSA) is 66.3 Å². The second-order valence-corrected chi connectivity index (χ2v) is 7.96. The van der Waals surface area contributed by atoms with Crippen LogP contribution >= 0.6 is 24.0 Å².